The molecule has 2 amide bonds. The number of methoxy groups -OCH3 is 2. The van der Waals surface area contributed by atoms with Gasteiger partial charge in [-0.05, 0) is 49.2 Å². The van der Waals surface area contributed by atoms with Crippen LogP contribution >= 0.6 is 11.6 Å². The number of carbonyl (C=O) groups is 2. The topological polar surface area (TPSA) is 105 Å². The number of amides is 2. The molecule has 9 nitrogen and oxygen atoms in total. The Morgan fingerprint density at radius 3 is 2.23 bits per heavy atom. The van der Waals surface area contributed by atoms with E-state index in [1.54, 1.807) is 68.4 Å². The Morgan fingerprint density at radius 2 is 1.62 bits per heavy atom. The monoisotopic (exact) mass is 587 g/mol. The van der Waals surface area contributed by atoms with E-state index in [9.17, 15) is 18.0 Å². The van der Waals surface area contributed by atoms with Crippen molar-refractivity contribution in [2.24, 2.45) is 0 Å². The summed E-state index contributed by atoms with van der Waals surface area (Å²) in [5.41, 5.74) is 0.736. The molecule has 0 unspecified atom stereocenters. The lowest BCUT2D eigenvalue weighted by Crippen LogP contribution is -2.52. The number of carbonyl (C=O) groups excluding carboxylic acids is 2. The van der Waals surface area contributed by atoms with Crippen LogP contribution in [0.5, 0.6) is 11.5 Å². The van der Waals surface area contributed by atoms with E-state index in [0.717, 1.165) is 4.31 Å². The number of rotatable bonds is 13. The van der Waals surface area contributed by atoms with Gasteiger partial charge in [0, 0.05) is 24.2 Å². The first-order valence-electron chi connectivity index (χ1n) is 12.8. The Bertz CT molecular complexity index is 1420. The van der Waals surface area contributed by atoms with Gasteiger partial charge in [-0.1, -0.05) is 54.9 Å². The molecule has 214 valence electrons. The molecule has 0 aliphatic carbocycles. The summed E-state index contributed by atoms with van der Waals surface area (Å²) in [6.45, 7) is 3.34. The van der Waals surface area contributed by atoms with E-state index in [-0.39, 0.29) is 28.8 Å². The highest BCUT2D eigenvalue weighted by molar-refractivity contribution is 7.92. The Kier molecular flexibility index (Phi) is 10.8. The second-order valence-corrected chi connectivity index (χ2v) is 11.1. The maximum atomic E-state index is 14.1. The quantitative estimate of drug-likeness (QED) is 0.316. The minimum absolute atomic E-state index is 0.00260. The molecule has 3 aromatic carbocycles. The smallest absolute Gasteiger partial charge is 0.264 e. The molecule has 0 aliphatic heterocycles. The molecular weight excluding hydrogens is 554 g/mol. The predicted molar refractivity (Wildman–Crippen MR) is 155 cm³/mol. The summed E-state index contributed by atoms with van der Waals surface area (Å²) in [6, 6.07) is 18.6. The number of nitrogens with one attached hydrogen (secondary N) is 1. The second kappa shape index (κ2) is 14.0. The van der Waals surface area contributed by atoms with Crippen LogP contribution in [0.15, 0.2) is 77.7 Å². The number of nitrogens with zero attached hydrogens (tertiary/aromatic N) is 2. The van der Waals surface area contributed by atoms with E-state index in [1.807, 2.05) is 0 Å². The molecule has 0 saturated heterocycles. The lowest BCUT2D eigenvalue weighted by molar-refractivity contribution is -0.140. The van der Waals surface area contributed by atoms with Crippen molar-refractivity contribution in [2.75, 3.05) is 31.6 Å². The number of ether oxygens (including phenoxy) is 2. The van der Waals surface area contributed by atoms with E-state index in [4.69, 9.17) is 21.1 Å². The van der Waals surface area contributed by atoms with Crippen molar-refractivity contribution >= 4 is 39.1 Å². The normalized spacial score (nSPS) is 11.8. The molecule has 0 spiro atoms. The predicted octanol–water partition coefficient (Wildman–Crippen LogP) is 4.50. The zero-order valence-electron chi connectivity index (χ0n) is 23.0. The highest BCUT2D eigenvalue weighted by atomic mass is 35.5. The minimum Gasteiger partial charge on any atom is -0.497 e. The molecule has 0 bridgehead atoms. The Balaban J connectivity index is 2.15. The van der Waals surface area contributed by atoms with Gasteiger partial charge in [0.1, 0.15) is 24.1 Å². The average molecular weight is 588 g/mol. The molecule has 0 fully saturated rings. The summed E-state index contributed by atoms with van der Waals surface area (Å²) in [4.78, 5) is 28.5. The third kappa shape index (κ3) is 7.05. The number of hydrogen-bond acceptors (Lipinski definition) is 6. The van der Waals surface area contributed by atoms with Gasteiger partial charge in [0.25, 0.3) is 10.0 Å². The van der Waals surface area contributed by atoms with E-state index in [1.165, 1.54) is 37.3 Å². The van der Waals surface area contributed by atoms with Gasteiger partial charge in [-0.15, -0.1) is 0 Å². The fourth-order valence-corrected chi connectivity index (χ4v) is 5.88. The fourth-order valence-electron chi connectivity index (χ4n) is 4.25. The van der Waals surface area contributed by atoms with Crippen molar-refractivity contribution in [3.63, 3.8) is 0 Å². The number of likely N-dealkylation sites (N-methyl/N-ethyl adjacent to an activating group) is 1. The first-order valence-corrected chi connectivity index (χ1v) is 14.6. The maximum absolute atomic E-state index is 14.1. The Labute approximate surface area is 240 Å². The average Bonchev–Trinajstić information content (AvgIpc) is 2.96. The third-order valence-electron chi connectivity index (χ3n) is 6.30. The Morgan fingerprint density at radius 1 is 0.950 bits per heavy atom. The molecule has 3 aromatic rings. The van der Waals surface area contributed by atoms with Gasteiger partial charge in [-0.25, -0.2) is 8.42 Å². The molecule has 0 heterocycles. The van der Waals surface area contributed by atoms with Crippen molar-refractivity contribution < 1.29 is 27.5 Å². The summed E-state index contributed by atoms with van der Waals surface area (Å²) >= 11 is 6.41. The van der Waals surface area contributed by atoms with Crippen LogP contribution in [0.1, 0.15) is 25.8 Å². The molecule has 0 aromatic heterocycles. The summed E-state index contributed by atoms with van der Waals surface area (Å²) in [5.74, 6) is -0.344. The summed E-state index contributed by atoms with van der Waals surface area (Å²) in [7, 11) is -1.40. The SMILES string of the molecule is CCNC(=O)[C@@H](CC)N(Cc1ccccc1Cl)C(=O)CN(c1cc(OC)ccc1OC)S(=O)(=O)c1ccccc1. The van der Waals surface area contributed by atoms with Crippen LogP contribution in [0, 0.1) is 0 Å². The highest BCUT2D eigenvalue weighted by Crippen LogP contribution is 2.36. The second-order valence-electron chi connectivity index (χ2n) is 8.79. The van der Waals surface area contributed by atoms with Crippen LogP contribution in [0.25, 0.3) is 0 Å². The number of halogens is 1. The molecule has 0 radical (unpaired) electrons. The molecule has 40 heavy (non-hydrogen) atoms. The number of sulfonamides is 1. The first kappa shape index (κ1) is 30.8. The molecule has 0 aliphatic rings. The molecular formula is C29H34ClN3O6S. The van der Waals surface area contributed by atoms with Gasteiger partial charge in [0.05, 0.1) is 24.8 Å². The van der Waals surface area contributed by atoms with Crippen LogP contribution in [0.2, 0.25) is 5.02 Å². The minimum atomic E-state index is -4.26. The number of hydrogen-bond donors (Lipinski definition) is 1. The third-order valence-corrected chi connectivity index (χ3v) is 8.44. The summed E-state index contributed by atoms with van der Waals surface area (Å²) < 4.78 is 39.8. The molecule has 0 saturated carbocycles. The lowest BCUT2D eigenvalue weighted by Gasteiger charge is -2.33. The van der Waals surface area contributed by atoms with Crippen LogP contribution < -0.4 is 19.1 Å². The molecule has 1 N–H and O–H groups in total. The molecule has 1 atom stereocenters. The van der Waals surface area contributed by atoms with Gasteiger partial charge in [-0.3, -0.25) is 13.9 Å². The van der Waals surface area contributed by atoms with Crippen molar-refractivity contribution in [2.45, 2.75) is 37.8 Å². The summed E-state index contributed by atoms with van der Waals surface area (Å²) in [5, 5.41) is 3.20. The van der Waals surface area contributed by atoms with Crippen LogP contribution in [0.3, 0.4) is 0 Å². The van der Waals surface area contributed by atoms with Gasteiger partial charge >= 0.3 is 0 Å². The van der Waals surface area contributed by atoms with E-state index in [0.29, 0.717) is 29.3 Å². The number of anilines is 1. The highest BCUT2D eigenvalue weighted by Gasteiger charge is 2.35. The lowest BCUT2D eigenvalue weighted by atomic mass is 10.1. The van der Waals surface area contributed by atoms with Gasteiger partial charge in [0.15, 0.2) is 0 Å². The van der Waals surface area contributed by atoms with Gasteiger partial charge in [-0.2, -0.15) is 0 Å². The summed E-state index contributed by atoms with van der Waals surface area (Å²) in [6.07, 6.45) is 0.302. The maximum Gasteiger partial charge on any atom is 0.264 e. The van der Waals surface area contributed by atoms with Gasteiger partial charge < -0.3 is 19.7 Å². The van der Waals surface area contributed by atoms with Crippen LogP contribution in [-0.4, -0.2) is 58.5 Å². The zero-order chi connectivity index (χ0) is 29.3. The largest absolute Gasteiger partial charge is 0.497 e. The van der Waals surface area contributed by atoms with E-state index < -0.39 is 28.5 Å². The molecule has 11 heteroatoms. The van der Waals surface area contributed by atoms with Crippen molar-refractivity contribution in [3.05, 3.63) is 83.4 Å². The van der Waals surface area contributed by atoms with E-state index in [2.05, 4.69) is 5.32 Å². The fraction of sp³-hybridized carbons (Fsp3) is 0.310. The molecule has 3 rings (SSSR count). The Hall–Kier alpha value is -3.76. The van der Waals surface area contributed by atoms with E-state index >= 15 is 0 Å². The number of benzene rings is 3. The zero-order valence-corrected chi connectivity index (χ0v) is 24.5. The van der Waals surface area contributed by atoms with Crippen molar-refractivity contribution in [1.29, 1.82) is 0 Å². The van der Waals surface area contributed by atoms with Crippen molar-refractivity contribution in [1.82, 2.24) is 10.2 Å². The van der Waals surface area contributed by atoms with Crippen LogP contribution in [-0.2, 0) is 26.2 Å². The van der Waals surface area contributed by atoms with Crippen LogP contribution in [0.4, 0.5) is 5.69 Å². The first-order chi connectivity index (χ1) is 19.2. The standard InChI is InChI=1S/C29H34ClN3O6S/c1-5-25(29(35)31-6-2)32(19-21-12-10-11-15-24(21)30)28(34)20-33(40(36,37)23-13-8-7-9-14-23)26-18-22(38-3)16-17-27(26)39-4/h7-18,25H,5-6,19-20H2,1-4H3,(H,31,35)/t25-/m1/s1. The van der Waals surface area contributed by atoms with Gasteiger partial charge in [0.2, 0.25) is 11.8 Å². The van der Waals surface area contributed by atoms with Crippen molar-refractivity contribution in [3.8, 4) is 11.5 Å².